The Morgan fingerprint density at radius 2 is 1.81 bits per heavy atom. The van der Waals surface area contributed by atoms with Gasteiger partial charge >= 0.3 is 0 Å². The first kappa shape index (κ1) is 14.5. The lowest BCUT2D eigenvalue weighted by Gasteiger charge is -2.13. The number of nitrogens with zero attached hydrogens (tertiary/aromatic N) is 2. The van der Waals surface area contributed by atoms with Crippen molar-refractivity contribution in [2.45, 2.75) is 13.8 Å². The summed E-state index contributed by atoms with van der Waals surface area (Å²) in [6, 6.07) is 13.5. The average molecular weight is 408 g/mol. The van der Waals surface area contributed by atoms with Crippen molar-refractivity contribution in [1.82, 2.24) is 7.35 Å². The van der Waals surface area contributed by atoms with Crippen LogP contribution in [0.4, 0.5) is 0 Å². The third kappa shape index (κ3) is 2.34. The van der Waals surface area contributed by atoms with Gasteiger partial charge in [0.15, 0.2) is 4.77 Å². The van der Waals surface area contributed by atoms with Gasteiger partial charge in [-0.25, -0.2) is 0 Å². The van der Waals surface area contributed by atoms with E-state index in [9.17, 15) is 4.79 Å². The van der Waals surface area contributed by atoms with E-state index < -0.39 is 0 Å². The molecule has 1 heterocycles. The second-order valence-electron chi connectivity index (χ2n) is 5.01. The van der Waals surface area contributed by atoms with Crippen LogP contribution in [0.1, 0.15) is 11.1 Å². The standard InChI is InChI=1S/C16H13IN2OS/c1-10-7-8-13(11(2)9-10)18-15(20)12-5-3-4-6-14(12)19(17)16(18)21/h3-9H,1-2H3. The number of benzene rings is 2. The van der Waals surface area contributed by atoms with Gasteiger partial charge in [0.2, 0.25) is 0 Å². The van der Waals surface area contributed by atoms with Crippen LogP contribution in [0.25, 0.3) is 16.6 Å². The lowest BCUT2D eigenvalue weighted by Crippen LogP contribution is -2.22. The summed E-state index contributed by atoms with van der Waals surface area (Å²) in [5, 5.41) is 0.667. The van der Waals surface area contributed by atoms with Crippen LogP contribution < -0.4 is 5.56 Å². The Morgan fingerprint density at radius 3 is 2.52 bits per heavy atom. The van der Waals surface area contributed by atoms with Gasteiger partial charge in [0, 0.05) is 0 Å². The fourth-order valence-corrected chi connectivity index (χ4v) is 3.41. The molecule has 0 amide bonds. The van der Waals surface area contributed by atoms with Gasteiger partial charge < -0.3 is 0 Å². The maximum atomic E-state index is 12.8. The van der Waals surface area contributed by atoms with Gasteiger partial charge in [-0.1, -0.05) is 29.8 Å². The number of halogens is 1. The number of fused-ring (bicyclic) bond motifs is 1. The van der Waals surface area contributed by atoms with E-state index in [1.165, 1.54) is 5.56 Å². The largest absolute Gasteiger partial charge is 0.268 e. The van der Waals surface area contributed by atoms with E-state index in [2.05, 4.69) is 28.9 Å². The van der Waals surface area contributed by atoms with Crippen molar-refractivity contribution >= 4 is 46.0 Å². The lowest BCUT2D eigenvalue weighted by atomic mass is 10.1. The van der Waals surface area contributed by atoms with E-state index in [1.807, 2.05) is 53.0 Å². The molecule has 2 aromatic carbocycles. The van der Waals surface area contributed by atoms with Crippen LogP contribution in [-0.4, -0.2) is 7.35 Å². The van der Waals surface area contributed by atoms with Crippen molar-refractivity contribution in [2.75, 3.05) is 0 Å². The SMILES string of the molecule is Cc1ccc(-n2c(=O)c3ccccc3n(I)c2=S)c(C)c1. The minimum atomic E-state index is -0.0736. The molecule has 5 heteroatoms. The Balaban J connectivity index is 2.49. The molecule has 0 unspecified atom stereocenters. The van der Waals surface area contributed by atoms with Gasteiger partial charge in [0.1, 0.15) is 0 Å². The van der Waals surface area contributed by atoms with Gasteiger partial charge in [-0.15, -0.1) is 0 Å². The van der Waals surface area contributed by atoms with E-state index >= 15 is 0 Å². The van der Waals surface area contributed by atoms with E-state index in [0.29, 0.717) is 10.2 Å². The first-order valence-electron chi connectivity index (χ1n) is 6.51. The highest BCUT2D eigenvalue weighted by Crippen LogP contribution is 2.19. The molecule has 0 atom stereocenters. The molecule has 106 valence electrons. The third-order valence-corrected chi connectivity index (χ3v) is 5.17. The summed E-state index contributed by atoms with van der Waals surface area (Å²) >= 11 is 7.64. The molecule has 21 heavy (non-hydrogen) atoms. The fourth-order valence-electron chi connectivity index (χ4n) is 2.49. The number of hydrogen-bond acceptors (Lipinski definition) is 2. The number of aromatic nitrogens is 2. The summed E-state index contributed by atoms with van der Waals surface area (Å²) in [5.74, 6) is 0. The molecule has 0 N–H and O–H groups in total. The van der Waals surface area contributed by atoms with E-state index in [4.69, 9.17) is 12.2 Å². The van der Waals surface area contributed by atoms with Crippen LogP contribution in [0.15, 0.2) is 47.3 Å². The van der Waals surface area contributed by atoms with E-state index in [1.54, 1.807) is 4.57 Å². The number of rotatable bonds is 1. The zero-order valence-electron chi connectivity index (χ0n) is 11.6. The Kier molecular flexibility index (Phi) is 3.71. The molecule has 0 radical (unpaired) electrons. The first-order valence-corrected chi connectivity index (χ1v) is 7.88. The van der Waals surface area contributed by atoms with Crippen molar-refractivity contribution in [3.63, 3.8) is 0 Å². The molecule has 3 aromatic rings. The zero-order chi connectivity index (χ0) is 15.1. The number of hydrogen-bond donors (Lipinski definition) is 0. The van der Waals surface area contributed by atoms with Gasteiger partial charge in [-0.2, -0.15) is 0 Å². The second-order valence-corrected chi connectivity index (χ2v) is 6.34. The third-order valence-electron chi connectivity index (χ3n) is 3.50. The second kappa shape index (κ2) is 5.38. The highest BCUT2D eigenvalue weighted by Gasteiger charge is 2.12. The summed E-state index contributed by atoms with van der Waals surface area (Å²) in [6.45, 7) is 4.03. The summed E-state index contributed by atoms with van der Waals surface area (Å²) in [7, 11) is 0. The summed E-state index contributed by atoms with van der Waals surface area (Å²) in [5.41, 5.74) is 3.81. The van der Waals surface area contributed by atoms with Crippen molar-refractivity contribution in [3.8, 4) is 5.69 Å². The van der Waals surface area contributed by atoms with Crippen LogP contribution in [0.3, 0.4) is 0 Å². The Morgan fingerprint density at radius 1 is 1.10 bits per heavy atom. The monoisotopic (exact) mass is 408 g/mol. The zero-order valence-corrected chi connectivity index (χ0v) is 14.6. The quantitative estimate of drug-likeness (QED) is 0.443. The minimum absolute atomic E-state index is 0.0736. The molecule has 0 aliphatic heterocycles. The first-order chi connectivity index (χ1) is 10.0. The van der Waals surface area contributed by atoms with E-state index in [0.717, 1.165) is 16.8 Å². The van der Waals surface area contributed by atoms with Crippen LogP contribution in [0.2, 0.25) is 0 Å². The van der Waals surface area contributed by atoms with Gasteiger partial charge in [0.25, 0.3) is 5.56 Å². The topological polar surface area (TPSA) is 26.9 Å². The molecule has 3 rings (SSSR count). The fraction of sp³-hybridized carbons (Fsp3) is 0.125. The molecule has 0 saturated heterocycles. The van der Waals surface area contributed by atoms with Crippen LogP contribution in [-0.2, 0) is 0 Å². The normalized spacial score (nSPS) is 11.0. The molecule has 0 bridgehead atoms. The molecule has 0 aliphatic carbocycles. The molecular formula is C16H13IN2OS. The van der Waals surface area contributed by atoms with Gasteiger partial charge in [-0.05, 0) is 49.8 Å². The van der Waals surface area contributed by atoms with Gasteiger partial charge in [0.05, 0.1) is 39.5 Å². The van der Waals surface area contributed by atoms with Gasteiger partial charge in [-0.3, -0.25) is 12.1 Å². The predicted octanol–water partition coefficient (Wildman–Crippen LogP) is 4.34. The summed E-state index contributed by atoms with van der Waals surface area (Å²) < 4.78 is 3.95. The maximum Gasteiger partial charge on any atom is 0.266 e. The van der Waals surface area contributed by atoms with E-state index in [-0.39, 0.29) is 5.56 Å². The average Bonchev–Trinajstić information content (AvgIpc) is 2.47. The van der Waals surface area contributed by atoms with Crippen molar-refractivity contribution in [2.24, 2.45) is 0 Å². The number of para-hydroxylation sites is 1. The maximum absolute atomic E-state index is 12.8. The van der Waals surface area contributed by atoms with Crippen LogP contribution in [0.5, 0.6) is 0 Å². The lowest BCUT2D eigenvalue weighted by molar-refractivity contribution is 0.922. The molecule has 0 spiro atoms. The van der Waals surface area contributed by atoms with Crippen LogP contribution >= 0.6 is 35.1 Å². The Labute approximate surface area is 141 Å². The molecule has 0 saturated carbocycles. The molecule has 1 aromatic heterocycles. The Hall–Kier alpha value is -1.47. The molecule has 0 aliphatic rings. The van der Waals surface area contributed by atoms with Crippen molar-refractivity contribution in [1.29, 1.82) is 0 Å². The summed E-state index contributed by atoms with van der Waals surface area (Å²) in [4.78, 5) is 12.8. The number of aryl methyl sites for hydroxylation is 2. The minimum Gasteiger partial charge on any atom is -0.268 e. The highest BCUT2D eigenvalue weighted by molar-refractivity contribution is 14.1. The van der Waals surface area contributed by atoms with Crippen molar-refractivity contribution < 1.29 is 0 Å². The summed E-state index contributed by atoms with van der Waals surface area (Å²) in [6.07, 6.45) is 0. The van der Waals surface area contributed by atoms with Crippen LogP contribution in [0, 0.1) is 18.6 Å². The smallest absolute Gasteiger partial charge is 0.266 e. The Bertz CT molecular complexity index is 972. The van der Waals surface area contributed by atoms with Crippen molar-refractivity contribution in [3.05, 3.63) is 68.7 Å². The predicted molar refractivity (Wildman–Crippen MR) is 97.3 cm³/mol. The highest BCUT2D eigenvalue weighted by atomic mass is 127. The molecular weight excluding hydrogens is 395 g/mol. The molecule has 0 fully saturated rings. The molecule has 3 nitrogen and oxygen atoms in total.